The van der Waals surface area contributed by atoms with Gasteiger partial charge in [0, 0.05) is 12.2 Å². The Bertz CT molecular complexity index is 563. The van der Waals surface area contributed by atoms with Gasteiger partial charge in [0.1, 0.15) is 0 Å². The third-order valence-electron chi connectivity index (χ3n) is 6.54. The molecule has 26 heavy (non-hydrogen) atoms. The molecule has 0 N–H and O–H groups in total. The molecule has 2 aliphatic heterocycles. The van der Waals surface area contributed by atoms with Crippen LogP contribution in [-0.2, 0) is 28.5 Å². The molecule has 2 heterocycles. The molecular weight excluding hydrogens is 336 g/mol. The zero-order valence-corrected chi connectivity index (χ0v) is 15.6. The fraction of sp³-hybridized carbons (Fsp3) is 0.800. The van der Waals surface area contributed by atoms with Crippen LogP contribution in [0.25, 0.3) is 0 Å². The predicted molar refractivity (Wildman–Crippen MR) is 92.3 cm³/mol. The van der Waals surface area contributed by atoms with Crippen molar-refractivity contribution >= 4 is 11.9 Å². The van der Waals surface area contributed by atoms with Crippen LogP contribution >= 0.6 is 0 Å². The van der Waals surface area contributed by atoms with Gasteiger partial charge in [-0.2, -0.15) is 0 Å². The molecule has 6 unspecified atom stereocenters. The summed E-state index contributed by atoms with van der Waals surface area (Å²) in [6.07, 6.45) is 8.92. The van der Waals surface area contributed by atoms with E-state index < -0.39 is 11.9 Å². The first kappa shape index (κ1) is 18.0. The Morgan fingerprint density at radius 2 is 1.31 bits per heavy atom. The van der Waals surface area contributed by atoms with E-state index in [0.29, 0.717) is 37.3 Å². The maximum absolute atomic E-state index is 11.8. The number of ether oxygens (including phenoxy) is 4. The van der Waals surface area contributed by atoms with Crippen molar-refractivity contribution in [1.82, 2.24) is 0 Å². The number of fused-ring (bicyclic) bond motifs is 2. The van der Waals surface area contributed by atoms with Crippen LogP contribution in [0.5, 0.6) is 0 Å². The van der Waals surface area contributed by atoms with Gasteiger partial charge in [-0.3, -0.25) is 0 Å². The van der Waals surface area contributed by atoms with Gasteiger partial charge in [0.25, 0.3) is 0 Å². The number of hydrogen-bond donors (Lipinski definition) is 0. The highest BCUT2D eigenvalue weighted by atomic mass is 16.6. The second-order valence-corrected chi connectivity index (χ2v) is 8.71. The summed E-state index contributed by atoms with van der Waals surface area (Å²) in [6, 6.07) is 0. The van der Waals surface area contributed by atoms with Gasteiger partial charge in [-0.05, 0) is 64.2 Å². The van der Waals surface area contributed by atoms with Crippen LogP contribution in [0.2, 0.25) is 0 Å². The van der Waals surface area contributed by atoms with Crippen molar-refractivity contribution in [1.29, 1.82) is 0 Å². The summed E-state index contributed by atoms with van der Waals surface area (Å²) in [5, 5.41) is 0. The Balaban J connectivity index is 1.10. The summed E-state index contributed by atoms with van der Waals surface area (Å²) in [4.78, 5) is 23.5. The molecule has 6 atom stereocenters. The Morgan fingerprint density at radius 3 is 1.69 bits per heavy atom. The second-order valence-electron chi connectivity index (χ2n) is 8.71. The highest BCUT2D eigenvalue weighted by molar-refractivity contribution is 5.91. The highest BCUT2D eigenvalue weighted by Gasteiger charge is 2.56. The van der Waals surface area contributed by atoms with Crippen molar-refractivity contribution in [2.75, 3.05) is 13.2 Å². The van der Waals surface area contributed by atoms with Crippen LogP contribution in [0.1, 0.15) is 52.4 Å². The van der Waals surface area contributed by atoms with Crippen LogP contribution in [0, 0.1) is 11.8 Å². The maximum atomic E-state index is 11.8. The standard InChI is InChI=1S/C20H28O6/c1-19-7-5-13(9-15(19)25-19)11-23-17(21)3-4-18(22)24-12-14-6-8-20(2)16(10-14)26-20/h3-4,13-16H,5-12H2,1-2H3. The van der Waals surface area contributed by atoms with Crippen LogP contribution in [-0.4, -0.2) is 48.6 Å². The maximum Gasteiger partial charge on any atom is 0.331 e. The fourth-order valence-electron chi connectivity index (χ4n) is 4.37. The van der Waals surface area contributed by atoms with Crippen LogP contribution < -0.4 is 0 Å². The molecule has 4 aliphatic rings. The van der Waals surface area contributed by atoms with Crippen molar-refractivity contribution in [3.05, 3.63) is 12.2 Å². The van der Waals surface area contributed by atoms with Gasteiger partial charge in [0.05, 0.1) is 36.6 Å². The zero-order chi connectivity index (χ0) is 18.4. The molecule has 6 heteroatoms. The first-order valence-electron chi connectivity index (χ1n) is 9.73. The van der Waals surface area contributed by atoms with E-state index in [1.807, 2.05) is 0 Å². The fourth-order valence-corrected chi connectivity index (χ4v) is 4.37. The number of hydrogen-bond acceptors (Lipinski definition) is 6. The van der Waals surface area contributed by atoms with Gasteiger partial charge in [0.15, 0.2) is 0 Å². The molecule has 0 radical (unpaired) electrons. The van der Waals surface area contributed by atoms with E-state index in [-0.39, 0.29) is 11.2 Å². The van der Waals surface area contributed by atoms with E-state index in [4.69, 9.17) is 18.9 Å². The zero-order valence-electron chi connectivity index (χ0n) is 15.6. The molecule has 144 valence electrons. The third kappa shape index (κ3) is 3.96. The van der Waals surface area contributed by atoms with E-state index in [1.165, 1.54) is 0 Å². The Labute approximate surface area is 154 Å². The average molecular weight is 364 g/mol. The smallest absolute Gasteiger partial charge is 0.331 e. The van der Waals surface area contributed by atoms with Crippen molar-refractivity contribution in [2.45, 2.75) is 75.8 Å². The summed E-state index contributed by atoms with van der Waals surface area (Å²) < 4.78 is 21.8. The number of rotatable bonds is 6. The van der Waals surface area contributed by atoms with Gasteiger partial charge in [-0.25, -0.2) is 9.59 Å². The lowest BCUT2D eigenvalue weighted by Crippen LogP contribution is -2.25. The Kier molecular flexibility index (Phi) is 4.59. The van der Waals surface area contributed by atoms with Crippen molar-refractivity contribution in [3.8, 4) is 0 Å². The molecular formula is C20H28O6. The lowest BCUT2D eigenvalue weighted by molar-refractivity contribution is -0.142. The summed E-state index contributed by atoms with van der Waals surface area (Å²) in [7, 11) is 0. The topological polar surface area (TPSA) is 77.7 Å². The van der Waals surface area contributed by atoms with Gasteiger partial charge in [0.2, 0.25) is 0 Å². The van der Waals surface area contributed by atoms with Gasteiger partial charge in [-0.1, -0.05) is 0 Å². The van der Waals surface area contributed by atoms with Gasteiger partial charge in [-0.15, -0.1) is 0 Å². The van der Waals surface area contributed by atoms with E-state index in [2.05, 4.69) is 13.8 Å². The number of esters is 2. The normalized spacial score (nSPS) is 43.3. The van der Waals surface area contributed by atoms with Gasteiger partial charge >= 0.3 is 11.9 Å². The first-order valence-corrected chi connectivity index (χ1v) is 9.73. The molecule has 6 nitrogen and oxygen atoms in total. The lowest BCUT2D eigenvalue weighted by Gasteiger charge is -2.21. The van der Waals surface area contributed by atoms with E-state index >= 15 is 0 Å². The molecule has 4 rings (SSSR count). The van der Waals surface area contributed by atoms with Crippen LogP contribution in [0.15, 0.2) is 12.2 Å². The molecule has 4 fully saturated rings. The largest absolute Gasteiger partial charge is 0.462 e. The highest BCUT2D eigenvalue weighted by Crippen LogP contribution is 2.50. The summed E-state index contributed by atoms with van der Waals surface area (Å²) in [6.45, 7) is 5.04. The Hall–Kier alpha value is -1.40. The molecule has 0 spiro atoms. The van der Waals surface area contributed by atoms with Crippen LogP contribution in [0.3, 0.4) is 0 Å². The second kappa shape index (κ2) is 6.64. The van der Waals surface area contributed by atoms with Crippen molar-refractivity contribution < 1.29 is 28.5 Å². The molecule has 2 saturated carbocycles. The van der Waals surface area contributed by atoms with Crippen LogP contribution in [0.4, 0.5) is 0 Å². The summed E-state index contributed by atoms with van der Waals surface area (Å²) >= 11 is 0. The quantitative estimate of drug-likeness (QED) is 0.409. The van der Waals surface area contributed by atoms with Crippen molar-refractivity contribution in [2.24, 2.45) is 11.8 Å². The molecule has 0 aromatic carbocycles. The molecule has 0 amide bonds. The van der Waals surface area contributed by atoms with E-state index in [0.717, 1.165) is 50.7 Å². The minimum Gasteiger partial charge on any atom is -0.462 e. The molecule has 0 bridgehead atoms. The van der Waals surface area contributed by atoms with Gasteiger partial charge < -0.3 is 18.9 Å². The minimum absolute atomic E-state index is 0.0761. The van der Waals surface area contributed by atoms with Crippen molar-refractivity contribution in [3.63, 3.8) is 0 Å². The monoisotopic (exact) mass is 364 g/mol. The predicted octanol–water partition coefficient (Wildman–Crippen LogP) is 2.54. The SMILES string of the molecule is CC12CCC(COC(=O)C=CC(=O)OCC3CCC4(C)OC4C3)CC1O2. The number of carbonyl (C=O) groups is 2. The minimum atomic E-state index is -0.494. The Morgan fingerprint density at radius 1 is 0.885 bits per heavy atom. The lowest BCUT2D eigenvalue weighted by atomic mass is 9.83. The summed E-state index contributed by atoms with van der Waals surface area (Å²) in [5.41, 5.74) is 0.152. The molecule has 2 aliphatic carbocycles. The first-order chi connectivity index (χ1) is 12.4. The molecule has 0 aromatic rings. The molecule has 2 saturated heterocycles. The number of carbonyl (C=O) groups excluding carboxylic acids is 2. The third-order valence-corrected chi connectivity index (χ3v) is 6.54. The number of epoxide rings is 2. The average Bonchev–Trinajstić information content (AvgIpc) is 3.48. The summed E-state index contributed by atoms with van der Waals surface area (Å²) in [5.74, 6) is -0.290. The molecule has 0 aromatic heterocycles. The van der Waals surface area contributed by atoms with E-state index in [9.17, 15) is 9.59 Å². The van der Waals surface area contributed by atoms with E-state index in [1.54, 1.807) is 0 Å².